The molecule has 8 heteroatoms. The van der Waals surface area contributed by atoms with Gasteiger partial charge in [-0.1, -0.05) is 24.6 Å². The van der Waals surface area contributed by atoms with Crippen LogP contribution in [-0.2, 0) is 10.0 Å². The summed E-state index contributed by atoms with van der Waals surface area (Å²) in [5, 5.41) is 1.08. The van der Waals surface area contributed by atoms with Crippen LogP contribution in [0, 0.1) is 6.92 Å². The molecule has 0 N–H and O–H groups in total. The molecule has 0 spiro atoms. The summed E-state index contributed by atoms with van der Waals surface area (Å²) in [5.41, 5.74) is 2.30. The highest BCUT2D eigenvalue weighted by molar-refractivity contribution is 7.89. The van der Waals surface area contributed by atoms with E-state index in [1.54, 1.807) is 33.8 Å². The van der Waals surface area contributed by atoms with Crippen LogP contribution in [0.15, 0.2) is 47.4 Å². The number of para-hydroxylation sites is 1. The van der Waals surface area contributed by atoms with Crippen molar-refractivity contribution in [3.8, 4) is 0 Å². The van der Waals surface area contributed by atoms with Gasteiger partial charge in [-0.25, -0.2) is 13.4 Å². The Bertz CT molecular complexity index is 1250. The van der Waals surface area contributed by atoms with Gasteiger partial charge in [-0.05, 0) is 62.4 Å². The van der Waals surface area contributed by atoms with Gasteiger partial charge in [0.25, 0.3) is 5.91 Å². The van der Waals surface area contributed by atoms with Gasteiger partial charge < -0.3 is 4.90 Å². The second kappa shape index (κ2) is 9.16. The summed E-state index contributed by atoms with van der Waals surface area (Å²) in [7, 11) is -3.58. The second-order valence-corrected chi connectivity index (χ2v) is 12.1. The fourth-order valence-corrected chi connectivity index (χ4v) is 7.48. The first kappa shape index (κ1) is 22.5. The minimum atomic E-state index is -3.58. The largest absolute Gasteiger partial charge is 0.338 e. The van der Waals surface area contributed by atoms with Gasteiger partial charge in [0, 0.05) is 37.7 Å². The predicted octanol–water partition coefficient (Wildman–Crippen LogP) is 4.80. The molecule has 2 aliphatic heterocycles. The molecule has 1 aromatic heterocycles. The van der Waals surface area contributed by atoms with Crippen LogP contribution >= 0.6 is 11.3 Å². The lowest BCUT2D eigenvalue weighted by Crippen LogP contribution is -2.39. The topological polar surface area (TPSA) is 70.6 Å². The van der Waals surface area contributed by atoms with Gasteiger partial charge in [0.2, 0.25) is 10.0 Å². The Balaban J connectivity index is 1.38. The van der Waals surface area contributed by atoms with Gasteiger partial charge in [0.05, 0.1) is 20.1 Å². The Morgan fingerprint density at radius 3 is 2.61 bits per heavy atom. The third-order valence-corrected chi connectivity index (χ3v) is 9.85. The first-order valence-corrected chi connectivity index (χ1v) is 13.9. The van der Waals surface area contributed by atoms with Gasteiger partial charge in [-0.15, -0.1) is 11.3 Å². The molecule has 174 valence electrons. The van der Waals surface area contributed by atoms with Crippen molar-refractivity contribution in [3.05, 3.63) is 58.6 Å². The number of amides is 1. The number of carbonyl (C=O) groups excluding carboxylic acids is 1. The Labute approximate surface area is 199 Å². The van der Waals surface area contributed by atoms with Crippen LogP contribution in [0.4, 0.5) is 0 Å². The number of aryl methyl sites for hydroxylation is 1. The van der Waals surface area contributed by atoms with E-state index in [1.165, 1.54) is 4.70 Å². The molecule has 2 aliphatic rings. The maximum absolute atomic E-state index is 13.5. The van der Waals surface area contributed by atoms with Crippen LogP contribution in [-0.4, -0.2) is 54.7 Å². The number of aromatic nitrogens is 1. The molecule has 6 nitrogen and oxygen atoms in total. The number of likely N-dealkylation sites (tertiary alicyclic amines) is 1. The summed E-state index contributed by atoms with van der Waals surface area (Å²) in [6.07, 6.45) is 4.76. The number of nitrogens with zero attached hydrogens (tertiary/aromatic N) is 3. The highest BCUT2D eigenvalue weighted by Crippen LogP contribution is 2.34. The number of fused-ring (bicyclic) bond motifs is 1. The molecule has 5 rings (SSSR count). The van der Waals surface area contributed by atoms with E-state index in [0.29, 0.717) is 31.7 Å². The lowest BCUT2D eigenvalue weighted by atomic mass is 9.97. The zero-order chi connectivity index (χ0) is 23.0. The van der Waals surface area contributed by atoms with E-state index < -0.39 is 10.0 Å². The van der Waals surface area contributed by atoms with Gasteiger partial charge in [0.1, 0.15) is 0 Å². The normalized spacial score (nSPS) is 20.3. The Kier molecular flexibility index (Phi) is 6.24. The predicted molar refractivity (Wildman–Crippen MR) is 131 cm³/mol. The van der Waals surface area contributed by atoms with Crippen LogP contribution < -0.4 is 0 Å². The fraction of sp³-hybridized carbons (Fsp3) is 0.440. The van der Waals surface area contributed by atoms with Crippen molar-refractivity contribution in [1.82, 2.24) is 14.2 Å². The van der Waals surface area contributed by atoms with Crippen LogP contribution in [0.2, 0.25) is 0 Å². The zero-order valence-electron chi connectivity index (χ0n) is 18.9. The van der Waals surface area contributed by atoms with E-state index in [2.05, 4.69) is 6.07 Å². The molecule has 0 radical (unpaired) electrons. The van der Waals surface area contributed by atoms with Crippen molar-refractivity contribution in [2.24, 2.45) is 0 Å². The van der Waals surface area contributed by atoms with E-state index in [9.17, 15) is 13.2 Å². The number of piperidine rings is 2. The summed E-state index contributed by atoms with van der Waals surface area (Å²) < 4.78 is 29.1. The molecule has 0 saturated carbocycles. The van der Waals surface area contributed by atoms with E-state index in [0.717, 1.165) is 48.2 Å². The first-order chi connectivity index (χ1) is 15.9. The quantitative estimate of drug-likeness (QED) is 0.535. The molecule has 1 atom stereocenters. The average molecular weight is 484 g/mol. The van der Waals surface area contributed by atoms with E-state index in [4.69, 9.17) is 4.98 Å². The van der Waals surface area contributed by atoms with Crippen molar-refractivity contribution in [2.75, 3.05) is 26.2 Å². The molecule has 0 aliphatic carbocycles. The molecular formula is C25H29N3O3S2. The van der Waals surface area contributed by atoms with Crippen LogP contribution in [0.3, 0.4) is 0 Å². The smallest absolute Gasteiger partial charge is 0.254 e. The molecule has 1 amide bonds. The molecule has 3 aromatic rings. The molecule has 0 unspecified atom stereocenters. The SMILES string of the molecule is Cc1ccc(S(=O)(=O)N2CCCCC2)cc1C(=O)N1CCC[C@@H](c2nc3ccccc3s2)C1. The number of sulfonamides is 1. The number of rotatable bonds is 4. The van der Waals surface area contributed by atoms with Crippen molar-refractivity contribution in [1.29, 1.82) is 0 Å². The third-order valence-electron chi connectivity index (χ3n) is 6.76. The highest BCUT2D eigenvalue weighted by atomic mass is 32.2. The number of thiazole rings is 1. The maximum Gasteiger partial charge on any atom is 0.254 e. The molecule has 2 fully saturated rings. The summed E-state index contributed by atoms with van der Waals surface area (Å²) in [5.74, 6) is 0.120. The zero-order valence-corrected chi connectivity index (χ0v) is 20.5. The highest BCUT2D eigenvalue weighted by Gasteiger charge is 2.30. The van der Waals surface area contributed by atoms with E-state index in [1.807, 2.05) is 30.0 Å². The lowest BCUT2D eigenvalue weighted by molar-refractivity contribution is 0.0706. The molecule has 0 bridgehead atoms. The summed E-state index contributed by atoms with van der Waals surface area (Å²) in [4.78, 5) is 20.4. The first-order valence-electron chi connectivity index (χ1n) is 11.7. The Morgan fingerprint density at radius 2 is 1.82 bits per heavy atom. The van der Waals surface area contributed by atoms with Gasteiger partial charge in [-0.3, -0.25) is 4.79 Å². The summed E-state index contributed by atoms with van der Waals surface area (Å²) in [6.45, 7) is 4.27. The minimum Gasteiger partial charge on any atom is -0.338 e. The fourth-order valence-electron chi connectivity index (χ4n) is 4.84. The van der Waals surface area contributed by atoms with Crippen molar-refractivity contribution < 1.29 is 13.2 Å². The van der Waals surface area contributed by atoms with Gasteiger partial charge >= 0.3 is 0 Å². The summed E-state index contributed by atoms with van der Waals surface area (Å²) >= 11 is 1.70. The average Bonchev–Trinajstić information content (AvgIpc) is 3.29. The van der Waals surface area contributed by atoms with Crippen LogP contribution in [0.25, 0.3) is 10.2 Å². The third kappa shape index (κ3) is 4.44. The molecule has 2 aromatic carbocycles. The van der Waals surface area contributed by atoms with Crippen molar-refractivity contribution in [2.45, 2.75) is 49.8 Å². The van der Waals surface area contributed by atoms with Crippen molar-refractivity contribution >= 4 is 37.5 Å². The molecule has 3 heterocycles. The Morgan fingerprint density at radius 1 is 1.03 bits per heavy atom. The van der Waals surface area contributed by atoms with E-state index >= 15 is 0 Å². The number of hydrogen-bond donors (Lipinski definition) is 0. The van der Waals surface area contributed by atoms with E-state index in [-0.39, 0.29) is 16.7 Å². The van der Waals surface area contributed by atoms with Crippen molar-refractivity contribution in [3.63, 3.8) is 0 Å². The molecule has 2 saturated heterocycles. The standard InChI is InChI=1S/C25H29N3O3S2/c1-18-11-12-20(33(30,31)28-14-5-2-6-15-28)16-21(18)25(29)27-13-7-8-19(17-27)24-26-22-9-3-4-10-23(22)32-24/h3-4,9-12,16,19H,2,5-8,13-15,17H2,1H3/t19-/m1/s1. The number of carbonyl (C=O) groups is 1. The monoisotopic (exact) mass is 483 g/mol. The summed E-state index contributed by atoms with van der Waals surface area (Å²) in [6, 6.07) is 13.1. The molecule has 33 heavy (non-hydrogen) atoms. The second-order valence-electron chi connectivity index (χ2n) is 9.05. The lowest BCUT2D eigenvalue weighted by Gasteiger charge is -2.32. The number of hydrogen-bond acceptors (Lipinski definition) is 5. The van der Waals surface area contributed by atoms with Crippen LogP contribution in [0.1, 0.15) is 59.0 Å². The maximum atomic E-state index is 13.5. The number of benzene rings is 2. The Hall–Kier alpha value is -2.29. The van der Waals surface area contributed by atoms with Crippen LogP contribution in [0.5, 0.6) is 0 Å². The molecular weight excluding hydrogens is 454 g/mol. The van der Waals surface area contributed by atoms with Gasteiger partial charge in [-0.2, -0.15) is 4.31 Å². The van der Waals surface area contributed by atoms with Gasteiger partial charge in [0.15, 0.2) is 0 Å². The minimum absolute atomic E-state index is 0.0889.